The third-order valence-corrected chi connectivity index (χ3v) is 4.33. The number of sulfonamides is 1. The monoisotopic (exact) mass is 363 g/mol. The number of carbonyl (C=O) groups excluding carboxylic acids is 1. The van der Waals surface area contributed by atoms with Gasteiger partial charge in [-0.2, -0.15) is 0 Å². The number of halogens is 1. The number of amides is 1. The Hall–Kier alpha value is -0.960. The second-order valence-electron chi connectivity index (χ2n) is 5.14. The highest BCUT2D eigenvalue weighted by molar-refractivity contribution is 9.10. The van der Waals surface area contributed by atoms with E-state index in [-0.39, 0.29) is 17.3 Å². The number of anilines is 1. The summed E-state index contributed by atoms with van der Waals surface area (Å²) in [4.78, 5) is 11.1. The zero-order valence-corrected chi connectivity index (χ0v) is 13.9. The number of benzene rings is 1. The molecular formula is C12H18BrN3O3S. The Morgan fingerprint density at radius 1 is 1.40 bits per heavy atom. The predicted molar refractivity (Wildman–Crippen MR) is 81.9 cm³/mol. The van der Waals surface area contributed by atoms with E-state index < -0.39 is 15.6 Å². The number of hydrogen-bond donors (Lipinski definition) is 3. The Morgan fingerprint density at radius 3 is 2.45 bits per heavy atom. The molecule has 0 spiro atoms. The highest BCUT2D eigenvalue weighted by atomic mass is 79.9. The molecule has 1 rings (SSSR count). The van der Waals surface area contributed by atoms with Crippen molar-refractivity contribution in [3.63, 3.8) is 0 Å². The summed E-state index contributed by atoms with van der Waals surface area (Å²) in [6.45, 7) is 4.96. The molecule has 8 heteroatoms. The van der Waals surface area contributed by atoms with Crippen LogP contribution in [0.25, 0.3) is 0 Å². The van der Waals surface area contributed by atoms with Gasteiger partial charge in [0.2, 0.25) is 15.9 Å². The molecule has 0 saturated heterocycles. The van der Waals surface area contributed by atoms with E-state index in [0.717, 1.165) is 0 Å². The third-order valence-electron chi connectivity index (χ3n) is 2.28. The van der Waals surface area contributed by atoms with Crippen molar-refractivity contribution >= 4 is 37.5 Å². The topological polar surface area (TPSA) is 101 Å². The van der Waals surface area contributed by atoms with Crippen molar-refractivity contribution in [3.8, 4) is 0 Å². The number of hydrogen-bond acceptors (Lipinski definition) is 4. The lowest BCUT2D eigenvalue weighted by Gasteiger charge is -2.19. The lowest BCUT2D eigenvalue weighted by Crippen LogP contribution is -2.45. The molecule has 0 aliphatic rings. The molecule has 0 aromatic heterocycles. The molecule has 1 aromatic rings. The van der Waals surface area contributed by atoms with Gasteiger partial charge in [0, 0.05) is 23.5 Å². The highest BCUT2D eigenvalue weighted by Gasteiger charge is 2.19. The van der Waals surface area contributed by atoms with Crippen LogP contribution >= 0.6 is 15.9 Å². The third kappa shape index (κ3) is 5.20. The number of nitrogens with one attached hydrogen (secondary N) is 2. The van der Waals surface area contributed by atoms with Crippen LogP contribution in [0.15, 0.2) is 27.6 Å². The van der Waals surface area contributed by atoms with Crippen molar-refractivity contribution in [2.24, 2.45) is 5.73 Å². The second kappa shape index (κ2) is 6.21. The summed E-state index contributed by atoms with van der Waals surface area (Å²) in [5.41, 5.74) is 5.62. The maximum Gasteiger partial charge on any atom is 0.240 e. The van der Waals surface area contributed by atoms with Gasteiger partial charge in [-0.15, -0.1) is 0 Å². The van der Waals surface area contributed by atoms with Gasteiger partial charge in [-0.1, -0.05) is 0 Å². The molecular weight excluding hydrogens is 346 g/mol. The predicted octanol–water partition coefficient (Wildman–Crippen LogP) is 1.42. The number of nitrogens with two attached hydrogens (primary N) is 1. The zero-order valence-electron chi connectivity index (χ0n) is 11.5. The smallest absolute Gasteiger partial charge is 0.240 e. The van der Waals surface area contributed by atoms with Crippen LogP contribution < -0.4 is 15.8 Å². The molecule has 0 radical (unpaired) electrons. The maximum atomic E-state index is 12.1. The average Bonchev–Trinajstić information content (AvgIpc) is 2.28. The van der Waals surface area contributed by atoms with Crippen LogP contribution in [0.4, 0.5) is 5.69 Å². The Balaban J connectivity index is 2.97. The fourth-order valence-corrected chi connectivity index (χ4v) is 3.20. The molecule has 0 aliphatic carbocycles. The molecule has 0 heterocycles. The van der Waals surface area contributed by atoms with E-state index in [1.165, 1.54) is 25.1 Å². The van der Waals surface area contributed by atoms with E-state index >= 15 is 0 Å². The molecule has 0 aliphatic heterocycles. The largest absolute Gasteiger partial charge is 0.325 e. The average molecular weight is 364 g/mol. The standard InChI is InChI=1S/C12H18BrN3O3S/c1-8(17)16-11-5-4-9(6-10(11)13)20(18,19)15-7-12(2,3)14/h4-6,15H,7,14H2,1-3H3,(H,16,17). The first-order valence-corrected chi connectivity index (χ1v) is 8.14. The van der Waals surface area contributed by atoms with Crippen molar-refractivity contribution in [3.05, 3.63) is 22.7 Å². The van der Waals surface area contributed by atoms with Crippen LogP contribution in [-0.4, -0.2) is 26.4 Å². The van der Waals surface area contributed by atoms with Crippen molar-refractivity contribution < 1.29 is 13.2 Å². The summed E-state index contributed by atoms with van der Waals surface area (Å²) in [5, 5.41) is 2.59. The zero-order chi connectivity index (χ0) is 15.6. The minimum atomic E-state index is -3.63. The summed E-state index contributed by atoms with van der Waals surface area (Å²) in [6, 6.07) is 4.37. The summed E-state index contributed by atoms with van der Waals surface area (Å²) < 4.78 is 27.1. The molecule has 0 bridgehead atoms. The fraction of sp³-hybridized carbons (Fsp3) is 0.417. The molecule has 1 aromatic carbocycles. The molecule has 0 fully saturated rings. The van der Waals surface area contributed by atoms with Crippen LogP contribution in [0.1, 0.15) is 20.8 Å². The van der Waals surface area contributed by atoms with Crippen LogP contribution in [-0.2, 0) is 14.8 Å². The van der Waals surface area contributed by atoms with Gasteiger partial charge >= 0.3 is 0 Å². The van der Waals surface area contributed by atoms with Gasteiger partial charge < -0.3 is 11.1 Å². The van der Waals surface area contributed by atoms with E-state index in [1.54, 1.807) is 13.8 Å². The molecule has 6 nitrogen and oxygen atoms in total. The lowest BCUT2D eigenvalue weighted by atomic mass is 10.1. The number of carbonyl (C=O) groups is 1. The van der Waals surface area contributed by atoms with Crippen LogP contribution in [0.2, 0.25) is 0 Å². The molecule has 0 saturated carbocycles. The van der Waals surface area contributed by atoms with E-state index in [2.05, 4.69) is 26.0 Å². The van der Waals surface area contributed by atoms with Crippen molar-refractivity contribution in [2.75, 3.05) is 11.9 Å². The Labute approximate surface area is 127 Å². The summed E-state index contributed by atoms with van der Waals surface area (Å²) in [5.74, 6) is -0.232. The van der Waals surface area contributed by atoms with Gasteiger partial charge in [0.25, 0.3) is 0 Å². The molecule has 1 amide bonds. The van der Waals surface area contributed by atoms with Gasteiger partial charge in [-0.3, -0.25) is 4.79 Å². The fourth-order valence-electron chi connectivity index (χ4n) is 1.32. The van der Waals surface area contributed by atoms with Gasteiger partial charge in [0.15, 0.2) is 0 Å². The van der Waals surface area contributed by atoms with Crippen LogP contribution in [0.3, 0.4) is 0 Å². The normalized spacial score (nSPS) is 12.2. The highest BCUT2D eigenvalue weighted by Crippen LogP contribution is 2.25. The van der Waals surface area contributed by atoms with Gasteiger partial charge in [0.05, 0.1) is 10.6 Å². The number of rotatable bonds is 5. The summed E-state index contributed by atoms with van der Waals surface area (Å²) in [6.07, 6.45) is 0. The molecule has 20 heavy (non-hydrogen) atoms. The Kier molecular flexibility index (Phi) is 5.31. The second-order valence-corrected chi connectivity index (χ2v) is 7.76. The Bertz CT molecular complexity index is 609. The molecule has 112 valence electrons. The minimum absolute atomic E-state index is 0.0997. The SMILES string of the molecule is CC(=O)Nc1ccc(S(=O)(=O)NCC(C)(C)N)cc1Br. The minimum Gasteiger partial charge on any atom is -0.325 e. The first kappa shape index (κ1) is 17.1. The first-order chi connectivity index (χ1) is 9.01. The van der Waals surface area contributed by atoms with Crippen molar-refractivity contribution in [1.29, 1.82) is 0 Å². The maximum absolute atomic E-state index is 12.1. The Morgan fingerprint density at radius 2 is 2.00 bits per heavy atom. The molecule has 4 N–H and O–H groups in total. The van der Waals surface area contributed by atoms with Gasteiger partial charge in [0.1, 0.15) is 0 Å². The van der Waals surface area contributed by atoms with E-state index in [1.807, 2.05) is 0 Å². The van der Waals surface area contributed by atoms with Crippen molar-refractivity contribution in [1.82, 2.24) is 4.72 Å². The quantitative estimate of drug-likeness (QED) is 0.736. The van der Waals surface area contributed by atoms with E-state index in [9.17, 15) is 13.2 Å². The van der Waals surface area contributed by atoms with Crippen LogP contribution in [0, 0.1) is 0 Å². The summed E-state index contributed by atoms with van der Waals surface area (Å²) >= 11 is 3.23. The molecule has 0 atom stereocenters. The molecule has 0 unspecified atom stereocenters. The van der Waals surface area contributed by atoms with Crippen LogP contribution in [0.5, 0.6) is 0 Å². The lowest BCUT2D eigenvalue weighted by molar-refractivity contribution is -0.114. The van der Waals surface area contributed by atoms with Gasteiger partial charge in [-0.05, 0) is 48.0 Å². The summed E-state index contributed by atoms with van der Waals surface area (Å²) in [7, 11) is -3.63. The van der Waals surface area contributed by atoms with E-state index in [4.69, 9.17) is 5.73 Å². The first-order valence-electron chi connectivity index (χ1n) is 5.87. The van der Waals surface area contributed by atoms with Gasteiger partial charge in [-0.25, -0.2) is 13.1 Å². The van der Waals surface area contributed by atoms with Crippen molar-refractivity contribution in [2.45, 2.75) is 31.2 Å². The van der Waals surface area contributed by atoms with E-state index in [0.29, 0.717) is 10.2 Å².